The van der Waals surface area contributed by atoms with E-state index in [0.717, 1.165) is 18.4 Å². The van der Waals surface area contributed by atoms with Crippen molar-refractivity contribution in [3.63, 3.8) is 0 Å². The smallest absolute Gasteiger partial charge is 0.291 e. The Labute approximate surface area is 134 Å². The minimum absolute atomic E-state index is 0.00492. The summed E-state index contributed by atoms with van der Waals surface area (Å²) in [6.45, 7) is 3.42. The lowest BCUT2D eigenvalue weighted by Gasteiger charge is -2.32. The molecule has 2 N–H and O–H groups in total. The van der Waals surface area contributed by atoms with Crippen molar-refractivity contribution in [2.75, 3.05) is 25.4 Å². The molecule has 1 aliphatic rings. The number of pyridine rings is 1. The van der Waals surface area contributed by atoms with Gasteiger partial charge in [0, 0.05) is 19.3 Å². The van der Waals surface area contributed by atoms with Gasteiger partial charge in [-0.15, -0.1) is 0 Å². The summed E-state index contributed by atoms with van der Waals surface area (Å²) in [5.41, 5.74) is 7.42. The maximum Gasteiger partial charge on any atom is 0.291 e. The molecule has 1 atom stereocenters. The van der Waals surface area contributed by atoms with E-state index in [-0.39, 0.29) is 12.0 Å². The number of oxazole rings is 1. The van der Waals surface area contributed by atoms with Gasteiger partial charge in [-0.25, -0.2) is 9.97 Å². The van der Waals surface area contributed by atoms with Gasteiger partial charge in [0.2, 0.25) is 5.76 Å². The molecule has 0 bridgehead atoms. The van der Waals surface area contributed by atoms with Gasteiger partial charge in [-0.3, -0.25) is 4.79 Å². The Kier molecular flexibility index (Phi) is 4.57. The number of aromatic nitrogens is 2. The first-order chi connectivity index (χ1) is 11.1. The number of amides is 1. The molecule has 0 aromatic carbocycles. The summed E-state index contributed by atoms with van der Waals surface area (Å²) in [5, 5.41) is 0. The minimum Gasteiger partial charge on any atom is -0.438 e. The van der Waals surface area contributed by atoms with Crippen LogP contribution in [0.2, 0.25) is 0 Å². The number of hydrogen-bond acceptors (Lipinski definition) is 6. The van der Waals surface area contributed by atoms with Crippen LogP contribution in [0.25, 0.3) is 0 Å². The number of rotatable bonds is 4. The van der Waals surface area contributed by atoms with Crippen LogP contribution in [0.1, 0.15) is 28.2 Å². The summed E-state index contributed by atoms with van der Waals surface area (Å²) in [6.07, 6.45) is 4.66. The van der Waals surface area contributed by atoms with Crippen molar-refractivity contribution < 1.29 is 13.9 Å². The van der Waals surface area contributed by atoms with Gasteiger partial charge in [-0.2, -0.15) is 0 Å². The molecule has 0 saturated carbocycles. The fraction of sp³-hybridized carbons (Fsp3) is 0.438. The number of aryl methyl sites for hydroxylation is 2. The number of nitrogen functional groups attached to an aromatic ring is 1. The number of morpholine rings is 1. The molecule has 0 radical (unpaired) electrons. The summed E-state index contributed by atoms with van der Waals surface area (Å²) in [5.74, 6) is 0.707. The summed E-state index contributed by atoms with van der Waals surface area (Å²) in [6, 6.07) is 3.81. The third kappa shape index (κ3) is 3.68. The molecule has 0 spiro atoms. The van der Waals surface area contributed by atoms with E-state index in [4.69, 9.17) is 14.9 Å². The molecule has 2 aromatic heterocycles. The Morgan fingerprint density at radius 3 is 3.09 bits per heavy atom. The van der Waals surface area contributed by atoms with Gasteiger partial charge in [0.25, 0.3) is 5.91 Å². The van der Waals surface area contributed by atoms with Gasteiger partial charge in [0.1, 0.15) is 5.82 Å². The fourth-order valence-electron chi connectivity index (χ4n) is 2.71. The van der Waals surface area contributed by atoms with Gasteiger partial charge in [0.05, 0.1) is 18.4 Å². The standard InChI is InChI=1S/C16H20N4O3/c1-11-15(23-10-19-11)16(21)20-6-7-22-13(9-20)3-2-12-4-5-18-14(17)8-12/h4-5,8,10,13H,2-3,6-7,9H2,1H3,(H2,17,18). The van der Waals surface area contributed by atoms with Crippen LogP contribution in [0.3, 0.4) is 0 Å². The first-order valence-electron chi connectivity index (χ1n) is 7.65. The maximum atomic E-state index is 12.5. The number of nitrogens with two attached hydrogens (primary N) is 1. The molecule has 1 saturated heterocycles. The second kappa shape index (κ2) is 6.78. The highest BCUT2D eigenvalue weighted by Crippen LogP contribution is 2.16. The zero-order valence-electron chi connectivity index (χ0n) is 13.1. The molecule has 1 aliphatic heterocycles. The highest BCUT2D eigenvalue weighted by atomic mass is 16.5. The van der Waals surface area contributed by atoms with Crippen molar-refractivity contribution >= 4 is 11.7 Å². The maximum absolute atomic E-state index is 12.5. The Morgan fingerprint density at radius 2 is 2.35 bits per heavy atom. The van der Waals surface area contributed by atoms with Crippen LogP contribution in [0.5, 0.6) is 0 Å². The molecule has 3 rings (SSSR count). The zero-order valence-corrected chi connectivity index (χ0v) is 13.1. The first-order valence-corrected chi connectivity index (χ1v) is 7.65. The molecule has 122 valence electrons. The molecule has 2 aromatic rings. The predicted molar refractivity (Wildman–Crippen MR) is 83.9 cm³/mol. The Balaban J connectivity index is 1.58. The van der Waals surface area contributed by atoms with Crippen LogP contribution in [0.4, 0.5) is 5.82 Å². The monoisotopic (exact) mass is 316 g/mol. The lowest BCUT2D eigenvalue weighted by atomic mass is 10.1. The van der Waals surface area contributed by atoms with Crippen LogP contribution >= 0.6 is 0 Å². The third-order valence-electron chi connectivity index (χ3n) is 3.97. The molecule has 7 nitrogen and oxygen atoms in total. The average molecular weight is 316 g/mol. The number of ether oxygens (including phenoxy) is 1. The highest BCUT2D eigenvalue weighted by Gasteiger charge is 2.27. The Hall–Kier alpha value is -2.41. The van der Waals surface area contributed by atoms with E-state index in [1.807, 2.05) is 12.1 Å². The number of carbonyl (C=O) groups excluding carboxylic acids is 1. The summed E-state index contributed by atoms with van der Waals surface area (Å²) in [4.78, 5) is 22.2. The number of nitrogens with zero attached hydrogens (tertiary/aromatic N) is 3. The molecular formula is C16H20N4O3. The van der Waals surface area contributed by atoms with E-state index in [1.165, 1.54) is 6.39 Å². The number of carbonyl (C=O) groups is 1. The van der Waals surface area contributed by atoms with E-state index < -0.39 is 0 Å². The summed E-state index contributed by atoms with van der Waals surface area (Å²) >= 11 is 0. The molecule has 23 heavy (non-hydrogen) atoms. The van der Waals surface area contributed by atoms with E-state index in [9.17, 15) is 4.79 Å². The summed E-state index contributed by atoms with van der Waals surface area (Å²) < 4.78 is 11.0. The normalized spacial score (nSPS) is 18.1. The van der Waals surface area contributed by atoms with Crippen molar-refractivity contribution in [2.45, 2.75) is 25.9 Å². The largest absolute Gasteiger partial charge is 0.438 e. The molecule has 1 amide bonds. The lowest BCUT2D eigenvalue weighted by molar-refractivity contribution is -0.0255. The quantitative estimate of drug-likeness (QED) is 0.917. The van der Waals surface area contributed by atoms with Gasteiger partial charge < -0.3 is 19.8 Å². The number of hydrogen-bond donors (Lipinski definition) is 1. The second-order valence-electron chi connectivity index (χ2n) is 5.64. The average Bonchev–Trinajstić information content (AvgIpc) is 2.99. The van der Waals surface area contributed by atoms with Crippen molar-refractivity contribution in [3.8, 4) is 0 Å². The third-order valence-corrected chi connectivity index (χ3v) is 3.97. The minimum atomic E-state index is -0.124. The van der Waals surface area contributed by atoms with E-state index in [2.05, 4.69) is 9.97 Å². The molecule has 1 unspecified atom stereocenters. The van der Waals surface area contributed by atoms with Gasteiger partial charge in [-0.05, 0) is 37.5 Å². The SMILES string of the molecule is Cc1ncoc1C(=O)N1CCOC(CCc2ccnc(N)c2)C1. The van der Waals surface area contributed by atoms with Crippen molar-refractivity contribution in [1.82, 2.24) is 14.9 Å². The van der Waals surface area contributed by atoms with Crippen LogP contribution in [0.15, 0.2) is 29.1 Å². The topological polar surface area (TPSA) is 94.5 Å². The lowest BCUT2D eigenvalue weighted by Crippen LogP contribution is -2.45. The second-order valence-corrected chi connectivity index (χ2v) is 5.64. The van der Waals surface area contributed by atoms with Crippen molar-refractivity contribution in [2.24, 2.45) is 0 Å². The van der Waals surface area contributed by atoms with E-state index >= 15 is 0 Å². The molecule has 7 heteroatoms. The molecular weight excluding hydrogens is 296 g/mol. The predicted octanol–water partition coefficient (Wildman–Crippen LogP) is 1.43. The summed E-state index contributed by atoms with van der Waals surface area (Å²) in [7, 11) is 0. The molecule has 1 fully saturated rings. The van der Waals surface area contributed by atoms with Gasteiger partial charge in [-0.1, -0.05) is 0 Å². The number of anilines is 1. The molecule has 0 aliphatic carbocycles. The zero-order chi connectivity index (χ0) is 16.2. The Morgan fingerprint density at radius 1 is 1.48 bits per heavy atom. The van der Waals surface area contributed by atoms with E-state index in [0.29, 0.717) is 37.0 Å². The van der Waals surface area contributed by atoms with Crippen molar-refractivity contribution in [1.29, 1.82) is 0 Å². The van der Waals surface area contributed by atoms with E-state index in [1.54, 1.807) is 18.0 Å². The van der Waals surface area contributed by atoms with Crippen LogP contribution < -0.4 is 5.73 Å². The first kappa shape index (κ1) is 15.5. The van der Waals surface area contributed by atoms with Crippen LogP contribution in [0, 0.1) is 6.92 Å². The van der Waals surface area contributed by atoms with Gasteiger partial charge >= 0.3 is 0 Å². The fourth-order valence-corrected chi connectivity index (χ4v) is 2.71. The molecule has 3 heterocycles. The Bertz CT molecular complexity index is 685. The van der Waals surface area contributed by atoms with Crippen molar-refractivity contribution in [3.05, 3.63) is 41.7 Å². The van der Waals surface area contributed by atoms with Crippen LogP contribution in [-0.2, 0) is 11.2 Å². The highest BCUT2D eigenvalue weighted by molar-refractivity contribution is 5.92. The van der Waals surface area contributed by atoms with Crippen LogP contribution in [-0.4, -0.2) is 46.6 Å². The van der Waals surface area contributed by atoms with Gasteiger partial charge in [0.15, 0.2) is 6.39 Å².